The number of anilines is 1. The Balaban J connectivity index is 1.95. The molecule has 0 atom stereocenters. The predicted octanol–water partition coefficient (Wildman–Crippen LogP) is 5.73. The number of piperazine rings is 1. The van der Waals surface area contributed by atoms with E-state index in [1.165, 1.54) is 6.07 Å². The Hall–Kier alpha value is -3.44. The lowest BCUT2D eigenvalue weighted by Crippen LogP contribution is -2.52. The Morgan fingerprint density at radius 1 is 0.886 bits per heavy atom. The monoisotopic (exact) mass is 653 g/mol. The number of hydrogen-bond acceptors (Lipinski definition) is 8. The van der Waals surface area contributed by atoms with Gasteiger partial charge >= 0.3 is 36.6 Å². The molecule has 0 bridgehead atoms. The van der Waals surface area contributed by atoms with Gasteiger partial charge in [0.25, 0.3) is 6.10 Å². The van der Waals surface area contributed by atoms with Crippen molar-refractivity contribution in [1.82, 2.24) is 9.80 Å². The molecule has 1 heterocycles. The number of benzene rings is 1. The number of esters is 2. The minimum Gasteiger partial charge on any atom is -0.428 e. The van der Waals surface area contributed by atoms with Crippen molar-refractivity contribution in [2.45, 2.75) is 64.8 Å². The third kappa shape index (κ3) is 11.6. The van der Waals surface area contributed by atoms with Crippen LogP contribution in [0.4, 0.5) is 50.0 Å². The van der Waals surface area contributed by atoms with Crippen LogP contribution >= 0.6 is 0 Å². The van der Waals surface area contributed by atoms with Crippen molar-refractivity contribution in [2.24, 2.45) is 5.41 Å². The highest BCUT2D eigenvalue weighted by Crippen LogP contribution is 2.36. The second-order valence-corrected chi connectivity index (χ2v) is 10.8. The van der Waals surface area contributed by atoms with E-state index in [2.05, 4.69) is 10.1 Å². The minimum absolute atomic E-state index is 0.0239. The maximum atomic E-state index is 13.3. The number of rotatable bonds is 10. The van der Waals surface area contributed by atoms with Crippen LogP contribution < -0.4 is 5.32 Å². The number of carbonyl (C=O) groups excluding carboxylic acids is 3. The summed E-state index contributed by atoms with van der Waals surface area (Å²) in [6, 6.07) is 2.92. The first kappa shape index (κ1) is 36.8. The van der Waals surface area contributed by atoms with Gasteiger partial charge < -0.3 is 24.4 Å². The Morgan fingerprint density at radius 3 is 2.00 bits per heavy atom. The molecule has 1 aliphatic heterocycles. The van der Waals surface area contributed by atoms with Crippen molar-refractivity contribution in [1.29, 1.82) is 0 Å². The Bertz CT molecular complexity index is 1130. The fraction of sp³-hybridized carbons (Fsp3) is 0.654. The lowest BCUT2D eigenvalue weighted by Gasteiger charge is -2.35. The van der Waals surface area contributed by atoms with Gasteiger partial charge in [0.2, 0.25) is 6.79 Å². The molecule has 0 spiro atoms. The van der Waals surface area contributed by atoms with E-state index in [-0.39, 0.29) is 57.8 Å². The van der Waals surface area contributed by atoms with Gasteiger partial charge in [-0.3, -0.25) is 14.5 Å². The van der Waals surface area contributed by atoms with Gasteiger partial charge in [0.1, 0.15) is 0 Å². The van der Waals surface area contributed by atoms with E-state index in [9.17, 15) is 53.9 Å². The lowest BCUT2D eigenvalue weighted by atomic mass is 9.98. The maximum absolute atomic E-state index is 13.3. The molecule has 9 nitrogen and oxygen atoms in total. The second-order valence-electron chi connectivity index (χ2n) is 10.8. The van der Waals surface area contributed by atoms with Crippen LogP contribution in [0.15, 0.2) is 18.2 Å². The maximum Gasteiger partial charge on any atom is 0.434 e. The number of nitrogens with zero attached hydrogens (tertiary/aromatic N) is 2. The summed E-state index contributed by atoms with van der Waals surface area (Å²) < 4.78 is 130. The molecule has 1 N–H and O–H groups in total. The van der Waals surface area contributed by atoms with E-state index >= 15 is 0 Å². The number of nitrogens with one attached hydrogen (secondary N) is 1. The predicted molar refractivity (Wildman–Crippen MR) is 135 cm³/mol. The van der Waals surface area contributed by atoms with E-state index in [1.807, 2.05) is 0 Å². The van der Waals surface area contributed by atoms with Crippen molar-refractivity contribution in [2.75, 3.05) is 44.8 Å². The van der Waals surface area contributed by atoms with Crippen molar-refractivity contribution in [3.63, 3.8) is 0 Å². The molecule has 0 aliphatic carbocycles. The summed E-state index contributed by atoms with van der Waals surface area (Å²) in [5.74, 6) is -1.28. The summed E-state index contributed by atoms with van der Waals surface area (Å²) in [7, 11) is 0. The topological polar surface area (TPSA) is 97.4 Å². The quantitative estimate of drug-likeness (QED) is 0.148. The van der Waals surface area contributed by atoms with Crippen LogP contribution in [0.3, 0.4) is 0 Å². The average molecular weight is 654 g/mol. The normalized spacial score (nSPS) is 15.2. The van der Waals surface area contributed by atoms with Crippen molar-refractivity contribution in [3.05, 3.63) is 29.3 Å². The minimum atomic E-state index is -5.86. The summed E-state index contributed by atoms with van der Waals surface area (Å²) in [5.41, 5.74) is -1.30. The Labute approximate surface area is 246 Å². The highest BCUT2D eigenvalue weighted by atomic mass is 19.4. The molecule has 2 rings (SSSR count). The zero-order valence-corrected chi connectivity index (χ0v) is 23.9. The molecular weight excluding hydrogens is 621 g/mol. The Morgan fingerprint density at radius 2 is 1.48 bits per heavy atom. The molecule has 44 heavy (non-hydrogen) atoms. The number of carbonyl (C=O) groups is 3. The average Bonchev–Trinajstić information content (AvgIpc) is 2.88. The first-order valence-electron chi connectivity index (χ1n) is 13.2. The molecule has 0 saturated carbocycles. The first-order chi connectivity index (χ1) is 20.1. The molecule has 1 fully saturated rings. The van der Waals surface area contributed by atoms with Gasteiger partial charge in [-0.15, -0.1) is 0 Å². The third-order valence-electron chi connectivity index (χ3n) is 6.17. The molecule has 1 saturated heterocycles. The summed E-state index contributed by atoms with van der Waals surface area (Å²) >= 11 is 0. The molecule has 1 aliphatic rings. The third-order valence-corrected chi connectivity index (χ3v) is 6.17. The highest BCUT2D eigenvalue weighted by Gasteiger charge is 2.60. The van der Waals surface area contributed by atoms with Gasteiger partial charge in [-0.1, -0.05) is 6.07 Å². The van der Waals surface area contributed by atoms with Crippen LogP contribution in [-0.2, 0) is 36.5 Å². The number of halogens is 9. The summed E-state index contributed by atoms with van der Waals surface area (Å²) in [6.45, 7) is 3.68. The summed E-state index contributed by atoms with van der Waals surface area (Å²) in [5, 5.41) is 2.82. The Kier molecular flexibility index (Phi) is 12.2. The molecule has 0 radical (unpaired) electrons. The smallest absolute Gasteiger partial charge is 0.428 e. The molecule has 250 valence electrons. The SMILES string of the molecule is CC(C)(C)C(=O)OCOC(=O)CCCNc1cc(C(F)(F)F)ccc1CN1CCN(C(=O)OC(C(F)(F)F)C(F)(F)F)CC1. The van der Waals surface area contributed by atoms with Gasteiger partial charge in [0.05, 0.1) is 11.0 Å². The van der Waals surface area contributed by atoms with E-state index in [1.54, 1.807) is 25.7 Å². The molecule has 1 amide bonds. The van der Waals surface area contributed by atoms with Crippen molar-refractivity contribution < 1.29 is 68.1 Å². The van der Waals surface area contributed by atoms with Crippen LogP contribution in [0, 0.1) is 5.41 Å². The number of hydrogen-bond donors (Lipinski definition) is 1. The fourth-order valence-corrected chi connectivity index (χ4v) is 3.77. The zero-order chi connectivity index (χ0) is 33.5. The van der Waals surface area contributed by atoms with Crippen molar-refractivity contribution >= 4 is 23.7 Å². The van der Waals surface area contributed by atoms with Gasteiger partial charge in [-0.2, -0.15) is 39.5 Å². The largest absolute Gasteiger partial charge is 0.434 e. The standard InChI is InChI=1S/C26H32F9N3O6/c1-23(2,3)21(40)43-15-42-19(39)5-4-8-36-18-13-17(24(27,28)29)7-6-16(18)14-37-9-11-38(12-10-37)22(41)44-20(25(30,31)32)26(33,34)35/h6-7,13,20,36H,4-5,8-12,14-15H2,1-3H3. The van der Waals surface area contributed by atoms with Gasteiger partial charge in [-0.25, -0.2) is 4.79 Å². The summed E-state index contributed by atoms with van der Waals surface area (Å²) in [4.78, 5) is 37.9. The lowest BCUT2D eigenvalue weighted by molar-refractivity contribution is -0.308. The molecule has 1 aromatic rings. The zero-order valence-electron chi connectivity index (χ0n) is 23.9. The van der Waals surface area contributed by atoms with E-state index in [0.29, 0.717) is 10.5 Å². The first-order valence-corrected chi connectivity index (χ1v) is 13.2. The van der Waals surface area contributed by atoms with Crippen LogP contribution in [0.2, 0.25) is 0 Å². The highest BCUT2D eigenvalue weighted by molar-refractivity contribution is 5.75. The van der Waals surface area contributed by atoms with Crippen LogP contribution in [0.1, 0.15) is 44.7 Å². The number of ether oxygens (including phenoxy) is 3. The molecule has 1 aromatic carbocycles. The van der Waals surface area contributed by atoms with E-state index in [0.717, 1.165) is 12.1 Å². The fourth-order valence-electron chi connectivity index (χ4n) is 3.77. The number of alkyl halides is 9. The van der Waals surface area contributed by atoms with Crippen LogP contribution in [0.5, 0.6) is 0 Å². The van der Waals surface area contributed by atoms with Gasteiger partial charge in [0, 0.05) is 51.4 Å². The molecule has 0 aromatic heterocycles. The van der Waals surface area contributed by atoms with Crippen LogP contribution in [-0.4, -0.2) is 85.8 Å². The molecule has 0 unspecified atom stereocenters. The van der Waals surface area contributed by atoms with Gasteiger partial charge in [-0.05, 0) is 44.9 Å². The van der Waals surface area contributed by atoms with E-state index in [4.69, 9.17) is 9.47 Å². The number of amides is 1. The van der Waals surface area contributed by atoms with Gasteiger partial charge in [0.15, 0.2) is 0 Å². The van der Waals surface area contributed by atoms with E-state index < -0.39 is 60.4 Å². The molecule has 18 heteroatoms. The second kappa shape index (κ2) is 14.6. The molecular formula is C26H32F9N3O6. The van der Waals surface area contributed by atoms with Crippen LogP contribution in [0.25, 0.3) is 0 Å². The summed E-state index contributed by atoms with van der Waals surface area (Å²) in [6.07, 6.45) is -22.5. The van der Waals surface area contributed by atoms with Crippen molar-refractivity contribution in [3.8, 4) is 0 Å².